The summed E-state index contributed by atoms with van der Waals surface area (Å²) in [5.74, 6) is 0.0844. The number of nitrogens with zero attached hydrogens (tertiary/aromatic N) is 2. The lowest BCUT2D eigenvalue weighted by Crippen LogP contribution is -2.10. The van der Waals surface area contributed by atoms with Crippen LogP contribution in [0, 0.1) is 6.92 Å². The summed E-state index contributed by atoms with van der Waals surface area (Å²) >= 11 is 6.27. The van der Waals surface area contributed by atoms with Crippen molar-refractivity contribution in [2.45, 2.75) is 39.9 Å². The number of halogens is 1. The first kappa shape index (κ1) is 14.3. The Hall–Kier alpha value is -1.65. The van der Waals surface area contributed by atoms with Gasteiger partial charge in [-0.1, -0.05) is 23.7 Å². The zero-order valence-electron chi connectivity index (χ0n) is 12.2. The lowest BCUT2D eigenvalue weighted by atomic mass is 10.0. The van der Waals surface area contributed by atoms with Crippen LogP contribution in [0.25, 0.3) is 0 Å². The second kappa shape index (κ2) is 5.62. The maximum absolute atomic E-state index is 12.5. The second-order valence-corrected chi connectivity index (χ2v) is 5.73. The Morgan fingerprint density at radius 3 is 2.90 bits per heavy atom. The summed E-state index contributed by atoms with van der Waals surface area (Å²) in [5.41, 5.74) is 4.82. The molecule has 5 heteroatoms. The van der Waals surface area contributed by atoms with Crippen LogP contribution < -0.4 is 5.32 Å². The molecule has 0 spiro atoms. The van der Waals surface area contributed by atoms with Crippen molar-refractivity contribution in [1.29, 1.82) is 0 Å². The zero-order chi connectivity index (χ0) is 15.0. The highest BCUT2D eigenvalue weighted by Crippen LogP contribution is 2.23. The smallest absolute Gasteiger partial charge is 0.168 e. The van der Waals surface area contributed by atoms with Crippen molar-refractivity contribution in [1.82, 2.24) is 15.1 Å². The molecule has 4 nitrogen and oxygen atoms in total. The van der Waals surface area contributed by atoms with Gasteiger partial charge in [-0.3, -0.25) is 9.48 Å². The van der Waals surface area contributed by atoms with Gasteiger partial charge in [0.05, 0.1) is 22.8 Å². The number of hydrogen-bond acceptors (Lipinski definition) is 3. The molecule has 2 heterocycles. The molecule has 3 rings (SSSR count). The lowest BCUT2D eigenvalue weighted by Gasteiger charge is -2.06. The molecule has 0 radical (unpaired) electrons. The van der Waals surface area contributed by atoms with Gasteiger partial charge in [-0.25, -0.2) is 0 Å². The van der Waals surface area contributed by atoms with Gasteiger partial charge in [0.15, 0.2) is 5.78 Å². The molecule has 0 unspecified atom stereocenters. The van der Waals surface area contributed by atoms with E-state index in [1.165, 1.54) is 11.1 Å². The predicted molar refractivity (Wildman–Crippen MR) is 82.7 cm³/mol. The molecule has 0 amide bonds. The molecular formula is C16H18ClN3O. The van der Waals surface area contributed by atoms with Crippen molar-refractivity contribution in [3.8, 4) is 0 Å². The number of fused-ring (bicyclic) bond motifs is 1. The molecule has 0 atom stereocenters. The summed E-state index contributed by atoms with van der Waals surface area (Å²) in [5, 5.41) is 8.25. The molecular weight excluding hydrogens is 286 g/mol. The molecule has 0 saturated heterocycles. The van der Waals surface area contributed by atoms with Gasteiger partial charge in [0.25, 0.3) is 0 Å². The number of benzene rings is 1. The van der Waals surface area contributed by atoms with Crippen LogP contribution in [0.2, 0.25) is 5.02 Å². The van der Waals surface area contributed by atoms with Crippen LogP contribution in [0.1, 0.15) is 39.8 Å². The van der Waals surface area contributed by atoms with Crippen molar-refractivity contribution in [3.63, 3.8) is 0 Å². The standard InChI is InChI=1S/C16H18ClN3O/c1-3-20-14(16(17)10(2)19-20)7-15(21)11-4-5-12-8-18-9-13(12)6-11/h4-6,18H,3,7-9H2,1-2H3. The second-order valence-electron chi connectivity index (χ2n) is 5.35. The van der Waals surface area contributed by atoms with Crippen molar-refractivity contribution in [2.24, 2.45) is 0 Å². The summed E-state index contributed by atoms with van der Waals surface area (Å²) in [6, 6.07) is 5.93. The van der Waals surface area contributed by atoms with E-state index in [1.54, 1.807) is 0 Å². The fourth-order valence-corrected chi connectivity index (χ4v) is 2.96. The van der Waals surface area contributed by atoms with Crippen molar-refractivity contribution < 1.29 is 4.79 Å². The molecule has 0 aliphatic carbocycles. The van der Waals surface area contributed by atoms with E-state index < -0.39 is 0 Å². The maximum atomic E-state index is 12.5. The van der Waals surface area contributed by atoms with Crippen LogP contribution >= 0.6 is 11.6 Å². The van der Waals surface area contributed by atoms with Gasteiger partial charge >= 0.3 is 0 Å². The molecule has 0 bridgehead atoms. The van der Waals surface area contributed by atoms with Gasteiger partial charge in [0.1, 0.15) is 0 Å². The number of aromatic nitrogens is 2. The van der Waals surface area contributed by atoms with E-state index in [-0.39, 0.29) is 5.78 Å². The summed E-state index contributed by atoms with van der Waals surface area (Å²) < 4.78 is 1.81. The minimum atomic E-state index is 0.0844. The molecule has 0 fully saturated rings. The third-order valence-corrected chi connectivity index (χ3v) is 4.43. The molecule has 1 N–H and O–H groups in total. The average Bonchev–Trinajstić information content (AvgIpc) is 3.05. The zero-order valence-corrected chi connectivity index (χ0v) is 13.0. The first-order chi connectivity index (χ1) is 10.1. The summed E-state index contributed by atoms with van der Waals surface area (Å²) in [7, 11) is 0. The highest BCUT2D eigenvalue weighted by Gasteiger charge is 2.18. The van der Waals surface area contributed by atoms with E-state index in [9.17, 15) is 4.79 Å². The Morgan fingerprint density at radius 1 is 1.38 bits per heavy atom. The molecule has 1 aromatic carbocycles. The Labute approximate surface area is 129 Å². The van der Waals surface area contributed by atoms with Crippen molar-refractivity contribution in [3.05, 3.63) is 51.3 Å². The van der Waals surface area contributed by atoms with E-state index in [1.807, 2.05) is 36.7 Å². The van der Waals surface area contributed by atoms with E-state index in [0.717, 1.165) is 30.0 Å². The highest BCUT2D eigenvalue weighted by molar-refractivity contribution is 6.32. The van der Waals surface area contributed by atoms with E-state index in [2.05, 4.69) is 10.4 Å². The fourth-order valence-electron chi connectivity index (χ4n) is 2.76. The van der Waals surface area contributed by atoms with Gasteiger partial charge in [0, 0.05) is 25.2 Å². The third-order valence-electron chi connectivity index (χ3n) is 3.94. The molecule has 1 aliphatic rings. The van der Waals surface area contributed by atoms with E-state index in [4.69, 9.17) is 11.6 Å². The van der Waals surface area contributed by atoms with E-state index >= 15 is 0 Å². The van der Waals surface area contributed by atoms with Gasteiger partial charge in [-0.2, -0.15) is 5.10 Å². The van der Waals surface area contributed by atoms with Gasteiger partial charge < -0.3 is 5.32 Å². The fraction of sp³-hybridized carbons (Fsp3) is 0.375. The Bertz CT molecular complexity index is 706. The number of ketones is 1. The largest absolute Gasteiger partial charge is 0.309 e. The number of carbonyl (C=O) groups is 1. The summed E-state index contributed by atoms with van der Waals surface area (Å²) in [4.78, 5) is 12.5. The van der Waals surface area contributed by atoms with Gasteiger partial charge in [-0.05, 0) is 31.0 Å². The van der Waals surface area contributed by atoms with Gasteiger partial charge in [-0.15, -0.1) is 0 Å². The van der Waals surface area contributed by atoms with Crippen molar-refractivity contribution >= 4 is 17.4 Å². The molecule has 110 valence electrons. The summed E-state index contributed by atoms with van der Waals surface area (Å²) in [6.45, 7) is 6.30. The first-order valence-electron chi connectivity index (χ1n) is 7.17. The number of carbonyl (C=O) groups excluding carboxylic acids is 1. The monoisotopic (exact) mass is 303 g/mol. The number of Topliss-reactive ketones (excluding diaryl/α,β-unsaturated/α-hetero) is 1. The molecule has 0 saturated carbocycles. The minimum Gasteiger partial charge on any atom is -0.309 e. The molecule has 1 aromatic heterocycles. The van der Waals surface area contributed by atoms with Crippen molar-refractivity contribution in [2.75, 3.05) is 0 Å². The third kappa shape index (κ3) is 2.61. The van der Waals surface area contributed by atoms with Crippen LogP contribution in [0.4, 0.5) is 0 Å². The average molecular weight is 304 g/mol. The van der Waals surface area contributed by atoms with Crippen LogP contribution in [0.3, 0.4) is 0 Å². The van der Waals surface area contributed by atoms with E-state index in [0.29, 0.717) is 18.0 Å². The number of aryl methyl sites for hydroxylation is 2. The summed E-state index contributed by atoms with van der Waals surface area (Å²) in [6.07, 6.45) is 0.291. The number of rotatable bonds is 4. The quantitative estimate of drug-likeness (QED) is 0.884. The SMILES string of the molecule is CCn1nc(C)c(Cl)c1CC(=O)c1ccc2c(c1)CNC2. The Kier molecular flexibility index (Phi) is 3.83. The predicted octanol–water partition coefficient (Wildman–Crippen LogP) is 2.89. The first-order valence-corrected chi connectivity index (χ1v) is 7.55. The topological polar surface area (TPSA) is 46.9 Å². The molecule has 1 aliphatic heterocycles. The maximum Gasteiger partial charge on any atom is 0.168 e. The number of hydrogen-bond donors (Lipinski definition) is 1. The van der Waals surface area contributed by atoms with Crippen LogP contribution in [-0.2, 0) is 26.1 Å². The van der Waals surface area contributed by atoms with Crippen LogP contribution in [0.5, 0.6) is 0 Å². The van der Waals surface area contributed by atoms with Gasteiger partial charge in [0.2, 0.25) is 0 Å². The molecule has 2 aromatic rings. The van der Waals surface area contributed by atoms with Crippen LogP contribution in [-0.4, -0.2) is 15.6 Å². The lowest BCUT2D eigenvalue weighted by molar-refractivity contribution is 0.0990. The molecule has 21 heavy (non-hydrogen) atoms. The normalized spacial score (nSPS) is 13.5. The van der Waals surface area contributed by atoms with Crippen LogP contribution in [0.15, 0.2) is 18.2 Å². The highest BCUT2D eigenvalue weighted by atomic mass is 35.5. The number of nitrogens with one attached hydrogen (secondary N) is 1. The Balaban J connectivity index is 1.87. The minimum absolute atomic E-state index is 0.0844. The Morgan fingerprint density at radius 2 is 2.14 bits per heavy atom.